The third-order valence-electron chi connectivity index (χ3n) is 2.57. The van der Waals surface area contributed by atoms with Gasteiger partial charge in [-0.15, -0.1) is 0 Å². The van der Waals surface area contributed by atoms with E-state index in [-0.39, 0.29) is 16.9 Å². The van der Waals surface area contributed by atoms with Gasteiger partial charge < -0.3 is 15.0 Å². The molecule has 2 heterocycles. The first-order valence-corrected chi connectivity index (χ1v) is 5.76. The van der Waals surface area contributed by atoms with Gasteiger partial charge in [0.05, 0.1) is 17.4 Å². The number of nitrogens with zero attached hydrogens (tertiary/aromatic N) is 2. The quantitative estimate of drug-likeness (QED) is 0.868. The molecule has 19 heavy (non-hydrogen) atoms. The van der Waals surface area contributed by atoms with Crippen molar-refractivity contribution < 1.29 is 9.90 Å². The molecule has 1 amide bonds. The summed E-state index contributed by atoms with van der Waals surface area (Å²) in [5.41, 5.74) is 0.628. The average Bonchev–Trinajstić information content (AvgIpc) is 2.41. The summed E-state index contributed by atoms with van der Waals surface area (Å²) in [5, 5.41) is 11.9. The highest BCUT2D eigenvalue weighted by Crippen LogP contribution is 2.11. The molecule has 0 spiro atoms. The Labute approximate surface area is 109 Å². The Bertz CT molecular complexity index is 664. The number of rotatable bonds is 3. The number of hydrogen-bond donors (Lipinski definition) is 2. The van der Waals surface area contributed by atoms with Crippen LogP contribution in [0.2, 0.25) is 0 Å². The van der Waals surface area contributed by atoms with Crippen molar-refractivity contribution in [3.63, 3.8) is 0 Å². The third-order valence-corrected chi connectivity index (χ3v) is 2.57. The van der Waals surface area contributed by atoms with Crippen LogP contribution in [0.25, 0.3) is 0 Å². The molecule has 0 fully saturated rings. The summed E-state index contributed by atoms with van der Waals surface area (Å²) in [4.78, 5) is 27.0. The van der Waals surface area contributed by atoms with Crippen LogP contribution >= 0.6 is 0 Å². The second-order valence-corrected chi connectivity index (χ2v) is 3.93. The van der Waals surface area contributed by atoms with E-state index in [0.29, 0.717) is 12.2 Å². The van der Waals surface area contributed by atoms with Gasteiger partial charge >= 0.3 is 0 Å². The monoisotopic (exact) mass is 259 g/mol. The molecule has 6 nitrogen and oxygen atoms in total. The van der Waals surface area contributed by atoms with Gasteiger partial charge in [0, 0.05) is 25.0 Å². The van der Waals surface area contributed by atoms with E-state index in [0.717, 1.165) is 0 Å². The van der Waals surface area contributed by atoms with E-state index in [1.165, 1.54) is 35.2 Å². The minimum atomic E-state index is -0.398. The van der Waals surface area contributed by atoms with E-state index >= 15 is 0 Å². The number of aryl methyl sites for hydroxylation is 1. The Kier molecular flexibility index (Phi) is 3.61. The van der Waals surface area contributed by atoms with Crippen molar-refractivity contribution in [2.45, 2.75) is 13.5 Å². The fourth-order valence-corrected chi connectivity index (χ4v) is 1.61. The molecule has 0 aromatic carbocycles. The highest BCUT2D eigenvalue weighted by atomic mass is 16.3. The van der Waals surface area contributed by atoms with E-state index in [2.05, 4.69) is 10.3 Å². The molecule has 0 saturated heterocycles. The van der Waals surface area contributed by atoms with Gasteiger partial charge in [0.2, 0.25) is 0 Å². The summed E-state index contributed by atoms with van der Waals surface area (Å²) in [6.07, 6.45) is 4.16. The second-order valence-electron chi connectivity index (χ2n) is 3.93. The zero-order valence-electron chi connectivity index (χ0n) is 10.3. The van der Waals surface area contributed by atoms with Crippen molar-refractivity contribution >= 4 is 11.6 Å². The smallest absolute Gasteiger partial charge is 0.257 e. The first kappa shape index (κ1) is 12.8. The van der Waals surface area contributed by atoms with Gasteiger partial charge in [-0.05, 0) is 19.1 Å². The molecule has 6 heteroatoms. The topological polar surface area (TPSA) is 84.2 Å². The summed E-state index contributed by atoms with van der Waals surface area (Å²) in [6.45, 7) is 2.36. The SMILES string of the molecule is CCn1cc(NC(=O)c2cncc(O)c2)ccc1=O. The molecule has 98 valence electrons. The number of aromatic nitrogens is 2. The number of amides is 1. The molecule has 2 aromatic rings. The molecule has 2 aromatic heterocycles. The van der Waals surface area contributed by atoms with Crippen LogP contribution in [0.15, 0.2) is 41.6 Å². The highest BCUT2D eigenvalue weighted by molar-refractivity contribution is 6.04. The van der Waals surface area contributed by atoms with Gasteiger partial charge in [-0.3, -0.25) is 14.6 Å². The summed E-state index contributed by atoms with van der Waals surface area (Å²) in [7, 11) is 0. The first-order chi connectivity index (χ1) is 9.10. The molecular weight excluding hydrogens is 246 g/mol. The fraction of sp³-hybridized carbons (Fsp3) is 0.154. The van der Waals surface area contributed by atoms with Gasteiger partial charge in [-0.1, -0.05) is 0 Å². The van der Waals surface area contributed by atoms with Gasteiger partial charge in [0.15, 0.2) is 0 Å². The van der Waals surface area contributed by atoms with Crippen LogP contribution in [0.3, 0.4) is 0 Å². The van der Waals surface area contributed by atoms with Crippen LogP contribution in [0.5, 0.6) is 5.75 Å². The van der Waals surface area contributed by atoms with Crippen molar-refractivity contribution in [1.29, 1.82) is 0 Å². The normalized spacial score (nSPS) is 10.2. The lowest BCUT2D eigenvalue weighted by molar-refractivity contribution is 0.102. The Morgan fingerprint density at radius 2 is 2.21 bits per heavy atom. The Balaban J connectivity index is 2.22. The number of carbonyl (C=O) groups excluding carboxylic acids is 1. The van der Waals surface area contributed by atoms with Crippen molar-refractivity contribution in [1.82, 2.24) is 9.55 Å². The minimum absolute atomic E-state index is 0.0776. The van der Waals surface area contributed by atoms with Crippen molar-refractivity contribution in [3.05, 3.63) is 52.7 Å². The zero-order valence-corrected chi connectivity index (χ0v) is 10.3. The molecule has 0 unspecified atom stereocenters. The maximum atomic E-state index is 11.9. The Hall–Kier alpha value is -2.63. The third kappa shape index (κ3) is 2.98. The average molecular weight is 259 g/mol. The molecule has 0 radical (unpaired) electrons. The number of pyridine rings is 2. The second kappa shape index (κ2) is 5.34. The predicted octanol–water partition coefficient (Wildman–Crippen LogP) is 1.22. The maximum absolute atomic E-state index is 11.9. The highest BCUT2D eigenvalue weighted by Gasteiger charge is 2.08. The van der Waals surface area contributed by atoms with Crippen LogP contribution < -0.4 is 10.9 Å². The fourth-order valence-electron chi connectivity index (χ4n) is 1.61. The van der Waals surface area contributed by atoms with E-state index in [4.69, 9.17) is 0 Å². The maximum Gasteiger partial charge on any atom is 0.257 e. The molecule has 2 N–H and O–H groups in total. The van der Waals surface area contributed by atoms with Crippen LogP contribution in [0.1, 0.15) is 17.3 Å². The van der Waals surface area contributed by atoms with Crippen LogP contribution in [0.4, 0.5) is 5.69 Å². The van der Waals surface area contributed by atoms with E-state index in [1.807, 2.05) is 6.92 Å². The van der Waals surface area contributed by atoms with Gasteiger partial charge in [0.25, 0.3) is 11.5 Å². The molecule has 0 saturated carbocycles. The lowest BCUT2D eigenvalue weighted by Crippen LogP contribution is -2.19. The first-order valence-electron chi connectivity index (χ1n) is 5.76. The van der Waals surface area contributed by atoms with E-state index in [1.54, 1.807) is 6.20 Å². The lowest BCUT2D eigenvalue weighted by Gasteiger charge is -2.07. The van der Waals surface area contributed by atoms with Crippen LogP contribution in [-0.4, -0.2) is 20.6 Å². The molecular formula is C13H13N3O3. The lowest BCUT2D eigenvalue weighted by atomic mass is 10.2. The standard InChI is InChI=1S/C13H13N3O3/c1-2-16-8-10(3-4-12(16)18)15-13(19)9-5-11(17)7-14-6-9/h3-8,17H,2H2,1H3,(H,15,19). The molecule has 0 bridgehead atoms. The van der Waals surface area contributed by atoms with Crippen molar-refractivity contribution in [3.8, 4) is 5.75 Å². The van der Waals surface area contributed by atoms with Gasteiger partial charge in [0.1, 0.15) is 5.75 Å². The summed E-state index contributed by atoms with van der Waals surface area (Å²) in [5.74, 6) is -0.476. The van der Waals surface area contributed by atoms with Crippen molar-refractivity contribution in [2.24, 2.45) is 0 Å². The predicted molar refractivity (Wildman–Crippen MR) is 70.2 cm³/mol. The number of hydrogen-bond acceptors (Lipinski definition) is 4. The summed E-state index contributed by atoms with van der Waals surface area (Å²) < 4.78 is 1.48. The van der Waals surface area contributed by atoms with Gasteiger partial charge in [-0.2, -0.15) is 0 Å². The van der Waals surface area contributed by atoms with E-state index in [9.17, 15) is 14.7 Å². The molecule has 0 aliphatic carbocycles. The molecule has 0 aliphatic heterocycles. The summed E-state index contributed by atoms with van der Waals surface area (Å²) in [6, 6.07) is 4.24. The number of carbonyl (C=O) groups is 1. The van der Waals surface area contributed by atoms with Crippen molar-refractivity contribution in [2.75, 3.05) is 5.32 Å². The number of aromatic hydroxyl groups is 1. The zero-order chi connectivity index (χ0) is 13.8. The molecule has 0 aliphatic rings. The Morgan fingerprint density at radius 3 is 2.89 bits per heavy atom. The number of nitrogens with one attached hydrogen (secondary N) is 1. The summed E-state index contributed by atoms with van der Waals surface area (Å²) >= 11 is 0. The van der Waals surface area contributed by atoms with Crippen LogP contribution in [0, 0.1) is 0 Å². The number of anilines is 1. The Morgan fingerprint density at radius 1 is 1.42 bits per heavy atom. The largest absolute Gasteiger partial charge is 0.506 e. The molecule has 2 rings (SSSR count). The minimum Gasteiger partial charge on any atom is -0.506 e. The molecule has 0 atom stereocenters. The van der Waals surface area contributed by atoms with E-state index < -0.39 is 5.91 Å². The van der Waals surface area contributed by atoms with Crippen LogP contribution in [-0.2, 0) is 6.54 Å². The van der Waals surface area contributed by atoms with Gasteiger partial charge in [-0.25, -0.2) is 0 Å².